The molecular formula is C21H25FN6O6. The van der Waals surface area contributed by atoms with Crippen molar-refractivity contribution < 1.29 is 28.4 Å². The standard InChI is InChI=1S/C21H25FN6O6/c1-5-27(7-6-21(30)34-4)19-10-16(24-12(2)29)17(11-20(19)33-3)26-25-15-8-13(22)18(28(31)32)9-14(15)23/h8-11H,5-7,23H2,1-4H3,(H,24,29). The molecular weight excluding hydrogens is 451 g/mol. The molecule has 0 saturated heterocycles. The molecule has 0 aliphatic carbocycles. The number of nitrogens with two attached hydrogens (primary N) is 1. The first-order valence-corrected chi connectivity index (χ1v) is 10.1. The second-order valence-corrected chi connectivity index (χ2v) is 6.95. The van der Waals surface area contributed by atoms with Crippen LogP contribution in [0.25, 0.3) is 0 Å². The number of nitro groups is 1. The maximum absolute atomic E-state index is 14.0. The summed E-state index contributed by atoms with van der Waals surface area (Å²) >= 11 is 0. The van der Waals surface area contributed by atoms with E-state index in [1.54, 1.807) is 6.07 Å². The quantitative estimate of drug-likeness (QED) is 0.170. The van der Waals surface area contributed by atoms with Gasteiger partial charge < -0.3 is 25.4 Å². The molecule has 34 heavy (non-hydrogen) atoms. The molecule has 13 heteroatoms. The van der Waals surface area contributed by atoms with Gasteiger partial charge in [0.1, 0.15) is 17.1 Å². The van der Waals surface area contributed by atoms with E-state index in [9.17, 15) is 24.1 Å². The van der Waals surface area contributed by atoms with Crippen molar-refractivity contribution in [3.63, 3.8) is 0 Å². The van der Waals surface area contributed by atoms with Crippen LogP contribution in [0.2, 0.25) is 0 Å². The average Bonchev–Trinajstić information content (AvgIpc) is 2.79. The predicted octanol–water partition coefficient (Wildman–Crippen LogP) is 4.09. The Morgan fingerprint density at radius 2 is 1.88 bits per heavy atom. The summed E-state index contributed by atoms with van der Waals surface area (Å²) in [6, 6.07) is 4.76. The van der Waals surface area contributed by atoms with Crippen LogP contribution in [0.1, 0.15) is 20.3 Å². The highest BCUT2D eigenvalue weighted by atomic mass is 19.1. The van der Waals surface area contributed by atoms with Gasteiger partial charge in [0.2, 0.25) is 11.7 Å². The van der Waals surface area contributed by atoms with Gasteiger partial charge in [-0.15, -0.1) is 10.2 Å². The number of azo groups is 1. The van der Waals surface area contributed by atoms with Gasteiger partial charge in [-0.2, -0.15) is 4.39 Å². The molecule has 0 saturated carbocycles. The number of amides is 1. The molecule has 0 aromatic heterocycles. The van der Waals surface area contributed by atoms with E-state index in [0.29, 0.717) is 24.5 Å². The fourth-order valence-corrected chi connectivity index (χ4v) is 3.02. The minimum atomic E-state index is -1.12. The molecule has 2 aromatic rings. The summed E-state index contributed by atoms with van der Waals surface area (Å²) in [4.78, 5) is 35.2. The molecule has 2 aromatic carbocycles. The van der Waals surface area contributed by atoms with E-state index in [1.807, 2.05) is 11.8 Å². The summed E-state index contributed by atoms with van der Waals surface area (Å²) in [6.07, 6.45) is 0.134. The van der Waals surface area contributed by atoms with Gasteiger partial charge in [-0.05, 0) is 13.0 Å². The van der Waals surface area contributed by atoms with E-state index in [-0.39, 0.29) is 41.0 Å². The number of rotatable bonds is 10. The maximum Gasteiger partial charge on any atom is 0.307 e. The van der Waals surface area contributed by atoms with E-state index in [1.165, 1.54) is 27.2 Å². The SMILES string of the molecule is CCN(CCC(=O)OC)c1cc(NC(C)=O)c(N=Nc2cc(F)c([N+](=O)[O-])cc2N)cc1OC. The highest BCUT2D eigenvalue weighted by molar-refractivity contribution is 5.94. The first-order chi connectivity index (χ1) is 16.1. The summed E-state index contributed by atoms with van der Waals surface area (Å²) in [6.45, 7) is 4.04. The van der Waals surface area contributed by atoms with Crippen LogP contribution in [0.3, 0.4) is 0 Å². The molecule has 182 valence electrons. The third-order valence-electron chi connectivity index (χ3n) is 4.70. The number of halogens is 1. The maximum atomic E-state index is 14.0. The average molecular weight is 476 g/mol. The van der Waals surface area contributed by atoms with Crippen LogP contribution in [-0.4, -0.2) is 44.1 Å². The van der Waals surface area contributed by atoms with E-state index >= 15 is 0 Å². The van der Waals surface area contributed by atoms with E-state index in [2.05, 4.69) is 15.5 Å². The minimum absolute atomic E-state index is 0.131. The Kier molecular flexibility index (Phi) is 8.81. The Morgan fingerprint density at radius 1 is 1.21 bits per heavy atom. The number of nitrogen functional groups attached to an aromatic ring is 1. The highest BCUT2D eigenvalue weighted by Crippen LogP contribution is 2.40. The van der Waals surface area contributed by atoms with Gasteiger partial charge >= 0.3 is 11.7 Å². The van der Waals surface area contributed by atoms with Crippen LogP contribution in [0.15, 0.2) is 34.5 Å². The molecule has 0 spiro atoms. The van der Waals surface area contributed by atoms with Gasteiger partial charge in [0.05, 0.1) is 42.6 Å². The van der Waals surface area contributed by atoms with Crippen LogP contribution in [0.4, 0.5) is 38.5 Å². The predicted molar refractivity (Wildman–Crippen MR) is 123 cm³/mol. The summed E-state index contributed by atoms with van der Waals surface area (Å²) < 4.78 is 24.2. The van der Waals surface area contributed by atoms with Crippen LogP contribution in [0.5, 0.6) is 5.75 Å². The van der Waals surface area contributed by atoms with E-state index in [4.69, 9.17) is 15.2 Å². The number of carbonyl (C=O) groups is 2. The Labute approximate surface area is 194 Å². The molecule has 2 rings (SSSR count). The number of nitro benzene ring substituents is 1. The third-order valence-corrected chi connectivity index (χ3v) is 4.70. The lowest BCUT2D eigenvalue weighted by Gasteiger charge is -2.25. The van der Waals surface area contributed by atoms with Crippen molar-refractivity contribution in [1.29, 1.82) is 0 Å². The molecule has 0 atom stereocenters. The topological polar surface area (TPSA) is 162 Å². The van der Waals surface area contributed by atoms with Crippen molar-refractivity contribution in [3.05, 3.63) is 40.2 Å². The molecule has 1 amide bonds. The summed E-state index contributed by atoms with van der Waals surface area (Å²) in [7, 11) is 2.74. The summed E-state index contributed by atoms with van der Waals surface area (Å²) in [5.74, 6) is -1.51. The monoisotopic (exact) mass is 476 g/mol. The fraction of sp³-hybridized carbons (Fsp3) is 0.333. The third kappa shape index (κ3) is 6.37. The summed E-state index contributed by atoms with van der Waals surface area (Å²) in [5.41, 5.74) is 5.70. The molecule has 0 heterocycles. The Balaban J connectivity index is 2.52. The summed E-state index contributed by atoms with van der Waals surface area (Å²) in [5, 5.41) is 21.5. The van der Waals surface area contributed by atoms with Crippen molar-refractivity contribution in [2.45, 2.75) is 20.3 Å². The zero-order chi connectivity index (χ0) is 25.4. The number of nitrogens with zero attached hydrogens (tertiary/aromatic N) is 4. The lowest BCUT2D eigenvalue weighted by molar-refractivity contribution is -0.387. The van der Waals surface area contributed by atoms with Gasteiger partial charge in [0.25, 0.3) is 0 Å². The van der Waals surface area contributed by atoms with Crippen LogP contribution in [-0.2, 0) is 14.3 Å². The lowest BCUT2D eigenvalue weighted by Crippen LogP contribution is -2.26. The Hall–Kier alpha value is -4.29. The van der Waals surface area contributed by atoms with Crippen LogP contribution < -0.4 is 20.7 Å². The van der Waals surface area contributed by atoms with Crippen molar-refractivity contribution in [2.24, 2.45) is 10.2 Å². The normalized spacial score (nSPS) is 10.7. The van der Waals surface area contributed by atoms with Gasteiger partial charge in [-0.25, -0.2) is 0 Å². The van der Waals surface area contributed by atoms with E-state index < -0.39 is 16.4 Å². The van der Waals surface area contributed by atoms with Gasteiger partial charge in [-0.1, -0.05) is 0 Å². The smallest absolute Gasteiger partial charge is 0.307 e. The number of carbonyl (C=O) groups excluding carboxylic acids is 2. The zero-order valence-electron chi connectivity index (χ0n) is 19.1. The Bertz CT molecular complexity index is 1120. The van der Waals surface area contributed by atoms with Crippen molar-refractivity contribution in [2.75, 3.05) is 43.3 Å². The van der Waals surface area contributed by atoms with E-state index in [0.717, 1.165) is 12.1 Å². The van der Waals surface area contributed by atoms with Crippen molar-refractivity contribution in [3.8, 4) is 5.75 Å². The minimum Gasteiger partial charge on any atom is -0.494 e. The van der Waals surface area contributed by atoms with Gasteiger partial charge in [-0.3, -0.25) is 19.7 Å². The first kappa shape index (κ1) is 26.0. The number of hydrogen-bond donors (Lipinski definition) is 2. The zero-order valence-corrected chi connectivity index (χ0v) is 19.1. The number of methoxy groups -OCH3 is 2. The number of anilines is 3. The molecule has 0 fully saturated rings. The first-order valence-electron chi connectivity index (χ1n) is 10.1. The van der Waals surface area contributed by atoms with Crippen molar-refractivity contribution >= 4 is 46.0 Å². The highest BCUT2D eigenvalue weighted by Gasteiger charge is 2.19. The molecule has 0 unspecified atom stereocenters. The fourth-order valence-electron chi connectivity index (χ4n) is 3.02. The lowest BCUT2D eigenvalue weighted by atomic mass is 10.2. The number of esters is 1. The molecule has 0 radical (unpaired) electrons. The number of hydrogen-bond acceptors (Lipinski definition) is 10. The number of ether oxygens (including phenoxy) is 2. The van der Waals surface area contributed by atoms with Crippen LogP contribution in [0, 0.1) is 15.9 Å². The number of benzene rings is 2. The number of nitrogens with one attached hydrogen (secondary N) is 1. The van der Waals surface area contributed by atoms with Crippen molar-refractivity contribution in [1.82, 2.24) is 0 Å². The largest absolute Gasteiger partial charge is 0.494 e. The second-order valence-electron chi connectivity index (χ2n) is 6.95. The molecule has 0 aliphatic heterocycles. The second kappa shape index (κ2) is 11.5. The van der Waals surface area contributed by atoms with Crippen LogP contribution >= 0.6 is 0 Å². The van der Waals surface area contributed by atoms with Gasteiger partial charge in [0.15, 0.2) is 0 Å². The van der Waals surface area contributed by atoms with Gasteiger partial charge in [0, 0.05) is 38.2 Å². The Morgan fingerprint density at radius 3 is 2.44 bits per heavy atom. The molecule has 3 N–H and O–H groups in total. The molecule has 0 bridgehead atoms. The molecule has 0 aliphatic rings. The molecule has 12 nitrogen and oxygen atoms in total.